The third kappa shape index (κ3) is 3.47. The van der Waals surface area contributed by atoms with Gasteiger partial charge in [-0.15, -0.1) is 0 Å². The summed E-state index contributed by atoms with van der Waals surface area (Å²) < 4.78 is 0. The first-order chi connectivity index (χ1) is 11.4. The van der Waals surface area contributed by atoms with Gasteiger partial charge in [-0.05, 0) is 40.5 Å². The molecule has 2 saturated carbocycles. The van der Waals surface area contributed by atoms with E-state index in [1.165, 1.54) is 75.0 Å². The highest BCUT2D eigenvalue weighted by Gasteiger charge is 2.32. The Morgan fingerprint density at radius 1 is 0.696 bits per heavy atom. The second-order valence-corrected chi connectivity index (χ2v) is 7.99. The monoisotopic (exact) mass is 306 g/mol. The number of hydrogen-bond acceptors (Lipinski definition) is 0. The van der Waals surface area contributed by atoms with Gasteiger partial charge in [-0.1, -0.05) is 100 Å². The summed E-state index contributed by atoms with van der Waals surface area (Å²) in [5, 5.41) is 2.80. The number of benzene rings is 2. The van der Waals surface area contributed by atoms with Crippen molar-refractivity contribution in [2.24, 2.45) is 17.8 Å². The molecule has 0 spiro atoms. The minimum Gasteiger partial charge on any atom is -0.0616 e. The van der Waals surface area contributed by atoms with Crippen LogP contribution in [-0.4, -0.2) is 0 Å². The van der Waals surface area contributed by atoms with Gasteiger partial charge in [0.2, 0.25) is 0 Å². The normalized spacial score (nSPS) is 21.7. The predicted octanol–water partition coefficient (Wildman–Crippen LogP) is 6.77. The maximum Gasteiger partial charge on any atom is -0.0181 e. The van der Waals surface area contributed by atoms with E-state index >= 15 is 0 Å². The van der Waals surface area contributed by atoms with E-state index < -0.39 is 0 Å². The first kappa shape index (κ1) is 15.2. The third-order valence-corrected chi connectivity index (χ3v) is 6.55. The summed E-state index contributed by atoms with van der Waals surface area (Å²) in [4.78, 5) is 0. The molecule has 0 aromatic heterocycles. The molecule has 4 rings (SSSR count). The predicted molar refractivity (Wildman–Crippen MR) is 99.7 cm³/mol. The highest BCUT2D eigenvalue weighted by Crippen LogP contribution is 2.42. The van der Waals surface area contributed by atoms with Crippen molar-refractivity contribution >= 4 is 10.8 Å². The molecular formula is C23H30. The molecular weight excluding hydrogens is 276 g/mol. The molecule has 0 heteroatoms. The van der Waals surface area contributed by atoms with E-state index in [0.29, 0.717) is 0 Å². The van der Waals surface area contributed by atoms with Gasteiger partial charge in [0.05, 0.1) is 0 Å². The minimum absolute atomic E-state index is 0.943. The van der Waals surface area contributed by atoms with Crippen molar-refractivity contribution in [1.82, 2.24) is 0 Å². The summed E-state index contributed by atoms with van der Waals surface area (Å²) in [6.45, 7) is 0. The highest BCUT2D eigenvalue weighted by molar-refractivity contribution is 5.82. The quantitative estimate of drug-likeness (QED) is 0.584. The van der Waals surface area contributed by atoms with Crippen LogP contribution < -0.4 is 0 Å². The molecule has 23 heavy (non-hydrogen) atoms. The minimum atomic E-state index is 0.943. The Bertz CT molecular complexity index is 629. The second kappa shape index (κ2) is 7.07. The number of hydrogen-bond donors (Lipinski definition) is 0. The van der Waals surface area contributed by atoms with E-state index in [9.17, 15) is 0 Å². The standard InChI is InChI=1S/C23H30/c1-2-9-20(10-3-1)23(21-11-5-6-12-21)17-18-14-15-19-8-4-7-13-22(19)16-18/h4,7-8,13-16,20-21,23H,1-3,5-6,9-12,17H2. The second-order valence-electron chi connectivity index (χ2n) is 7.99. The summed E-state index contributed by atoms with van der Waals surface area (Å²) in [6, 6.07) is 16.0. The smallest absolute Gasteiger partial charge is 0.0181 e. The van der Waals surface area contributed by atoms with Crippen LogP contribution in [0.1, 0.15) is 63.4 Å². The van der Waals surface area contributed by atoms with Crippen molar-refractivity contribution in [3.8, 4) is 0 Å². The lowest BCUT2D eigenvalue weighted by molar-refractivity contribution is 0.177. The van der Waals surface area contributed by atoms with E-state index in [1.807, 2.05) is 0 Å². The Labute approximate surface area is 141 Å². The van der Waals surface area contributed by atoms with Crippen LogP contribution in [0.4, 0.5) is 0 Å². The number of rotatable bonds is 4. The molecule has 0 saturated heterocycles. The molecule has 1 unspecified atom stereocenters. The summed E-state index contributed by atoms with van der Waals surface area (Å²) >= 11 is 0. The first-order valence-corrected chi connectivity index (χ1v) is 9.88. The molecule has 0 bridgehead atoms. The molecule has 122 valence electrons. The molecule has 2 aromatic rings. The van der Waals surface area contributed by atoms with Crippen LogP contribution in [-0.2, 0) is 6.42 Å². The lowest BCUT2D eigenvalue weighted by Gasteiger charge is -2.34. The summed E-state index contributed by atoms with van der Waals surface area (Å²) in [5.41, 5.74) is 1.58. The molecule has 1 atom stereocenters. The molecule has 0 heterocycles. The maximum absolute atomic E-state index is 2.46. The Kier molecular flexibility index (Phi) is 4.69. The Hall–Kier alpha value is -1.30. The topological polar surface area (TPSA) is 0 Å². The molecule has 0 amide bonds. The molecule has 2 fully saturated rings. The summed E-state index contributed by atoms with van der Waals surface area (Å²) in [7, 11) is 0. The van der Waals surface area contributed by atoms with Gasteiger partial charge >= 0.3 is 0 Å². The van der Waals surface area contributed by atoms with Crippen LogP contribution in [0.5, 0.6) is 0 Å². The van der Waals surface area contributed by atoms with Gasteiger partial charge in [0, 0.05) is 0 Å². The fourth-order valence-corrected chi connectivity index (χ4v) is 5.30. The van der Waals surface area contributed by atoms with E-state index in [1.54, 1.807) is 5.56 Å². The van der Waals surface area contributed by atoms with Gasteiger partial charge in [-0.2, -0.15) is 0 Å². The van der Waals surface area contributed by atoms with Gasteiger partial charge in [0.25, 0.3) is 0 Å². The number of fused-ring (bicyclic) bond motifs is 1. The SMILES string of the molecule is c1ccc2cc(CC(C3CCCCC3)C3CCCC3)ccc2c1. The van der Waals surface area contributed by atoms with E-state index in [2.05, 4.69) is 42.5 Å². The van der Waals surface area contributed by atoms with Crippen molar-refractivity contribution in [2.45, 2.75) is 64.2 Å². The van der Waals surface area contributed by atoms with Crippen molar-refractivity contribution < 1.29 is 0 Å². The van der Waals surface area contributed by atoms with Crippen LogP contribution in [0.3, 0.4) is 0 Å². The lowest BCUT2D eigenvalue weighted by Crippen LogP contribution is -2.26. The Balaban J connectivity index is 1.57. The highest BCUT2D eigenvalue weighted by atomic mass is 14.4. The van der Waals surface area contributed by atoms with Gasteiger partial charge in [0.15, 0.2) is 0 Å². The molecule has 2 aromatic carbocycles. The van der Waals surface area contributed by atoms with E-state index in [-0.39, 0.29) is 0 Å². The molecule has 0 radical (unpaired) electrons. The van der Waals surface area contributed by atoms with E-state index in [4.69, 9.17) is 0 Å². The maximum atomic E-state index is 2.46. The van der Waals surface area contributed by atoms with Gasteiger partial charge in [-0.3, -0.25) is 0 Å². The summed E-state index contributed by atoms with van der Waals surface area (Å²) in [5.74, 6) is 2.95. The zero-order chi connectivity index (χ0) is 15.5. The van der Waals surface area contributed by atoms with Crippen LogP contribution in [0.2, 0.25) is 0 Å². The van der Waals surface area contributed by atoms with Crippen molar-refractivity contribution in [3.63, 3.8) is 0 Å². The molecule has 2 aliphatic carbocycles. The van der Waals surface area contributed by atoms with Crippen molar-refractivity contribution in [1.29, 1.82) is 0 Å². The average molecular weight is 306 g/mol. The zero-order valence-electron chi connectivity index (χ0n) is 14.3. The molecule has 0 N–H and O–H groups in total. The average Bonchev–Trinajstić information content (AvgIpc) is 3.14. The summed E-state index contributed by atoms with van der Waals surface area (Å²) in [6.07, 6.45) is 14.7. The molecule has 0 aliphatic heterocycles. The Morgan fingerprint density at radius 3 is 2.00 bits per heavy atom. The van der Waals surface area contributed by atoms with Gasteiger partial charge in [0.1, 0.15) is 0 Å². The third-order valence-electron chi connectivity index (χ3n) is 6.55. The van der Waals surface area contributed by atoms with Gasteiger partial charge < -0.3 is 0 Å². The van der Waals surface area contributed by atoms with Gasteiger partial charge in [-0.25, -0.2) is 0 Å². The van der Waals surface area contributed by atoms with Crippen molar-refractivity contribution in [2.75, 3.05) is 0 Å². The zero-order valence-corrected chi connectivity index (χ0v) is 14.3. The largest absolute Gasteiger partial charge is 0.0616 e. The fourth-order valence-electron chi connectivity index (χ4n) is 5.30. The van der Waals surface area contributed by atoms with E-state index in [0.717, 1.165) is 17.8 Å². The first-order valence-electron chi connectivity index (χ1n) is 9.88. The van der Waals surface area contributed by atoms with Crippen LogP contribution in [0.15, 0.2) is 42.5 Å². The Morgan fingerprint density at radius 2 is 1.30 bits per heavy atom. The van der Waals surface area contributed by atoms with Crippen LogP contribution in [0, 0.1) is 17.8 Å². The molecule has 0 nitrogen and oxygen atoms in total. The fraction of sp³-hybridized carbons (Fsp3) is 0.565. The van der Waals surface area contributed by atoms with Crippen LogP contribution >= 0.6 is 0 Å². The van der Waals surface area contributed by atoms with Crippen LogP contribution in [0.25, 0.3) is 10.8 Å². The van der Waals surface area contributed by atoms with Crippen molar-refractivity contribution in [3.05, 3.63) is 48.0 Å². The lowest BCUT2D eigenvalue weighted by atomic mass is 9.71. The molecule has 2 aliphatic rings.